The van der Waals surface area contributed by atoms with Gasteiger partial charge in [-0.2, -0.15) is 0 Å². The lowest BCUT2D eigenvalue weighted by Gasteiger charge is -2.09. The van der Waals surface area contributed by atoms with Crippen LogP contribution in [0.2, 0.25) is 0 Å². The average molecular weight is 396 g/mol. The Balaban J connectivity index is 1.63. The number of methoxy groups -OCH3 is 1. The summed E-state index contributed by atoms with van der Waals surface area (Å²) in [4.78, 5) is 33.4. The second kappa shape index (κ2) is 8.74. The highest BCUT2D eigenvalue weighted by atomic mass is 16.6. The van der Waals surface area contributed by atoms with Gasteiger partial charge in [0.2, 0.25) is 0 Å². The molecule has 0 spiro atoms. The van der Waals surface area contributed by atoms with Crippen LogP contribution in [0.3, 0.4) is 0 Å². The average Bonchev–Trinajstić information content (AvgIpc) is 3.19. The second-order valence-corrected chi connectivity index (χ2v) is 5.95. The van der Waals surface area contributed by atoms with E-state index in [0.29, 0.717) is 34.6 Å². The molecule has 3 rings (SSSR count). The zero-order valence-electron chi connectivity index (χ0n) is 15.3. The molecule has 0 aliphatic rings. The summed E-state index contributed by atoms with van der Waals surface area (Å²) in [5.74, 6) is 0.586. The van der Waals surface area contributed by atoms with Gasteiger partial charge in [-0.15, -0.1) is 5.10 Å². The third-order valence-electron chi connectivity index (χ3n) is 3.99. The van der Waals surface area contributed by atoms with E-state index >= 15 is 0 Å². The van der Waals surface area contributed by atoms with Crippen LogP contribution in [0.15, 0.2) is 48.7 Å². The first-order valence-corrected chi connectivity index (χ1v) is 8.43. The Bertz CT molecular complexity index is 1050. The lowest BCUT2D eigenvalue weighted by atomic mass is 10.1. The summed E-state index contributed by atoms with van der Waals surface area (Å²) in [6.07, 6.45) is 2.26. The van der Waals surface area contributed by atoms with E-state index < -0.39 is 4.92 Å². The number of aldehydes is 1. The van der Waals surface area contributed by atoms with Crippen molar-refractivity contribution in [1.82, 2.24) is 15.0 Å². The van der Waals surface area contributed by atoms with E-state index in [1.165, 1.54) is 36.1 Å². The first-order chi connectivity index (χ1) is 14.0. The molecule has 0 radical (unpaired) electrons. The summed E-state index contributed by atoms with van der Waals surface area (Å²) in [6.45, 7) is -0.0147. The Morgan fingerprint density at radius 1 is 1.21 bits per heavy atom. The van der Waals surface area contributed by atoms with Gasteiger partial charge in [0.05, 0.1) is 18.2 Å². The van der Waals surface area contributed by atoms with Gasteiger partial charge < -0.3 is 9.47 Å². The van der Waals surface area contributed by atoms with Gasteiger partial charge in [-0.25, -0.2) is 4.68 Å². The quantitative estimate of drug-likeness (QED) is 0.234. The number of Topliss-reactive ketones (excluding diaryl/α,β-unsaturated/α-hetero) is 1. The zero-order chi connectivity index (χ0) is 20.8. The molecule has 0 atom stereocenters. The maximum atomic E-state index is 12.3. The molecule has 29 heavy (non-hydrogen) atoms. The van der Waals surface area contributed by atoms with Gasteiger partial charge in [-0.05, 0) is 30.3 Å². The number of carbonyl (C=O) groups excluding carboxylic acids is 2. The number of ketones is 1. The van der Waals surface area contributed by atoms with Crippen molar-refractivity contribution < 1.29 is 24.0 Å². The number of benzene rings is 2. The first-order valence-electron chi connectivity index (χ1n) is 8.43. The van der Waals surface area contributed by atoms with Crippen molar-refractivity contribution in [2.45, 2.75) is 13.2 Å². The number of rotatable bonds is 9. The molecular weight excluding hydrogens is 380 g/mol. The fraction of sp³-hybridized carbons (Fsp3) is 0.158. The number of aromatic nitrogens is 3. The molecule has 1 heterocycles. The summed E-state index contributed by atoms with van der Waals surface area (Å²) in [6, 6.07) is 10.1. The monoisotopic (exact) mass is 396 g/mol. The van der Waals surface area contributed by atoms with Crippen LogP contribution in [0.5, 0.6) is 11.5 Å². The molecule has 0 aliphatic heterocycles. The van der Waals surface area contributed by atoms with Crippen LogP contribution in [-0.4, -0.2) is 39.1 Å². The molecule has 3 aromatic rings. The third kappa shape index (κ3) is 4.80. The van der Waals surface area contributed by atoms with E-state index in [2.05, 4.69) is 10.3 Å². The van der Waals surface area contributed by atoms with Crippen LogP contribution in [0.1, 0.15) is 26.4 Å². The Morgan fingerprint density at radius 3 is 2.62 bits per heavy atom. The van der Waals surface area contributed by atoms with Crippen molar-refractivity contribution in [2.24, 2.45) is 0 Å². The maximum Gasteiger partial charge on any atom is 0.269 e. The standard InChI is InChI=1S/C19H16N4O6/c1-28-18-7-2-13(11-24)8-19(18)29-12-15-9-22(21-20-15)10-17(25)14-3-5-16(6-4-14)23(26)27/h2-9,11H,10,12H2,1H3. The molecule has 0 saturated carbocycles. The van der Waals surface area contributed by atoms with Gasteiger partial charge in [0, 0.05) is 23.3 Å². The van der Waals surface area contributed by atoms with Gasteiger partial charge in [-0.3, -0.25) is 19.7 Å². The van der Waals surface area contributed by atoms with Crippen molar-refractivity contribution in [3.05, 3.63) is 75.6 Å². The van der Waals surface area contributed by atoms with Gasteiger partial charge in [0.1, 0.15) is 25.1 Å². The predicted molar refractivity (Wildman–Crippen MR) is 100 cm³/mol. The summed E-state index contributed by atoms with van der Waals surface area (Å²) in [7, 11) is 1.49. The smallest absolute Gasteiger partial charge is 0.269 e. The molecule has 10 nitrogen and oxygen atoms in total. The Hall–Kier alpha value is -4.08. The van der Waals surface area contributed by atoms with Gasteiger partial charge in [0.25, 0.3) is 5.69 Å². The Labute approximate surface area is 164 Å². The Morgan fingerprint density at radius 2 is 1.97 bits per heavy atom. The molecule has 0 amide bonds. The second-order valence-electron chi connectivity index (χ2n) is 5.95. The van der Waals surface area contributed by atoms with Crippen LogP contribution >= 0.6 is 0 Å². The topological polar surface area (TPSA) is 126 Å². The summed E-state index contributed by atoms with van der Waals surface area (Å²) in [5, 5.41) is 18.5. The van der Waals surface area contributed by atoms with Gasteiger partial charge >= 0.3 is 0 Å². The third-order valence-corrected chi connectivity index (χ3v) is 3.99. The molecule has 0 saturated heterocycles. The number of ether oxygens (including phenoxy) is 2. The van der Waals surface area contributed by atoms with E-state index in [1.807, 2.05) is 0 Å². The maximum absolute atomic E-state index is 12.3. The SMILES string of the molecule is COc1ccc(C=O)cc1OCc1cn(CC(=O)c2ccc([N+](=O)[O-])cc2)nn1. The van der Waals surface area contributed by atoms with Crippen LogP contribution in [0.25, 0.3) is 0 Å². The van der Waals surface area contributed by atoms with E-state index in [4.69, 9.17) is 9.47 Å². The van der Waals surface area contributed by atoms with Crippen LogP contribution < -0.4 is 9.47 Å². The molecule has 0 unspecified atom stereocenters. The highest BCUT2D eigenvalue weighted by Gasteiger charge is 2.12. The van der Waals surface area contributed by atoms with Crippen molar-refractivity contribution >= 4 is 17.8 Å². The van der Waals surface area contributed by atoms with Gasteiger partial charge in [-0.1, -0.05) is 5.21 Å². The highest BCUT2D eigenvalue weighted by Crippen LogP contribution is 2.28. The van der Waals surface area contributed by atoms with Crippen LogP contribution in [0.4, 0.5) is 5.69 Å². The summed E-state index contributed by atoms with van der Waals surface area (Å²) >= 11 is 0. The minimum Gasteiger partial charge on any atom is -0.493 e. The molecule has 0 aliphatic carbocycles. The molecule has 10 heteroatoms. The van der Waals surface area contributed by atoms with Crippen LogP contribution in [-0.2, 0) is 13.2 Å². The molecule has 0 N–H and O–H groups in total. The molecule has 2 aromatic carbocycles. The number of hydrogen-bond acceptors (Lipinski definition) is 8. The molecular formula is C19H16N4O6. The van der Waals surface area contributed by atoms with Crippen molar-refractivity contribution in [3.8, 4) is 11.5 Å². The number of carbonyl (C=O) groups is 2. The van der Waals surface area contributed by atoms with Crippen molar-refractivity contribution in [1.29, 1.82) is 0 Å². The highest BCUT2D eigenvalue weighted by molar-refractivity contribution is 5.96. The normalized spacial score (nSPS) is 10.4. The minimum atomic E-state index is -0.530. The van der Waals surface area contributed by atoms with Crippen molar-refractivity contribution in [2.75, 3.05) is 7.11 Å². The molecule has 0 fully saturated rings. The fourth-order valence-corrected chi connectivity index (χ4v) is 2.52. The van der Waals surface area contributed by atoms with E-state index in [1.54, 1.807) is 24.4 Å². The minimum absolute atomic E-state index is 0.0599. The van der Waals surface area contributed by atoms with E-state index in [-0.39, 0.29) is 24.6 Å². The lowest BCUT2D eigenvalue weighted by Crippen LogP contribution is -2.11. The lowest BCUT2D eigenvalue weighted by molar-refractivity contribution is -0.384. The number of nitro groups is 1. The fourth-order valence-electron chi connectivity index (χ4n) is 2.52. The number of nitrogens with zero attached hydrogens (tertiary/aromatic N) is 4. The predicted octanol–water partition coefficient (Wildman–Crippen LogP) is 2.47. The zero-order valence-corrected chi connectivity index (χ0v) is 15.3. The molecule has 0 bridgehead atoms. The largest absolute Gasteiger partial charge is 0.493 e. The van der Waals surface area contributed by atoms with E-state index in [0.717, 1.165) is 0 Å². The van der Waals surface area contributed by atoms with Crippen molar-refractivity contribution in [3.63, 3.8) is 0 Å². The summed E-state index contributed by atoms with van der Waals surface area (Å²) in [5.41, 5.74) is 1.16. The Kier molecular flexibility index (Phi) is 5.93. The first kappa shape index (κ1) is 19.7. The number of non-ortho nitro benzene ring substituents is 1. The molecule has 1 aromatic heterocycles. The van der Waals surface area contributed by atoms with Gasteiger partial charge in [0.15, 0.2) is 17.3 Å². The van der Waals surface area contributed by atoms with Crippen LogP contribution in [0, 0.1) is 10.1 Å². The summed E-state index contributed by atoms with van der Waals surface area (Å²) < 4.78 is 12.2. The number of nitro benzene ring substituents is 1. The van der Waals surface area contributed by atoms with E-state index in [9.17, 15) is 19.7 Å². The molecule has 148 valence electrons. The number of hydrogen-bond donors (Lipinski definition) is 0.